The molecule has 0 aromatic heterocycles. The second kappa shape index (κ2) is 16.8. The molecule has 0 fully saturated rings. The Balaban J connectivity index is 0.000000206. The molecular formula is C56H47N. The van der Waals surface area contributed by atoms with E-state index in [9.17, 15) is 0 Å². The second-order valence-electron chi connectivity index (χ2n) is 14.7. The van der Waals surface area contributed by atoms with Gasteiger partial charge in [0.05, 0.1) is 5.41 Å². The van der Waals surface area contributed by atoms with Crippen molar-refractivity contribution in [3.63, 3.8) is 0 Å². The number of hydrogen-bond acceptors (Lipinski definition) is 1. The first-order chi connectivity index (χ1) is 28.0. The Labute approximate surface area is 338 Å². The van der Waals surface area contributed by atoms with Crippen LogP contribution in [-0.4, -0.2) is 0 Å². The zero-order valence-electron chi connectivity index (χ0n) is 32.9. The van der Waals surface area contributed by atoms with E-state index >= 15 is 0 Å². The van der Waals surface area contributed by atoms with Gasteiger partial charge in [0.25, 0.3) is 0 Å². The van der Waals surface area contributed by atoms with E-state index < -0.39 is 0 Å². The van der Waals surface area contributed by atoms with Crippen LogP contribution in [0.3, 0.4) is 0 Å². The molecule has 0 aliphatic heterocycles. The lowest BCUT2D eigenvalue weighted by molar-refractivity contribution is 0.768. The number of rotatable bonds is 5. The van der Waals surface area contributed by atoms with Gasteiger partial charge in [0, 0.05) is 17.1 Å². The largest absolute Gasteiger partial charge is 0.310 e. The zero-order chi connectivity index (χ0) is 39.0. The zero-order valence-corrected chi connectivity index (χ0v) is 32.9. The maximum Gasteiger partial charge on any atom is 0.0713 e. The lowest BCUT2D eigenvalue weighted by Gasteiger charge is -2.34. The molecule has 10 rings (SSSR count). The minimum absolute atomic E-state index is 0.381. The molecule has 0 amide bonds. The summed E-state index contributed by atoms with van der Waals surface area (Å²) in [5, 5.41) is 2.68. The normalized spacial score (nSPS) is 11.9. The van der Waals surface area contributed by atoms with Crippen molar-refractivity contribution in [2.75, 3.05) is 4.90 Å². The van der Waals surface area contributed by atoms with Gasteiger partial charge in [-0.3, -0.25) is 0 Å². The van der Waals surface area contributed by atoms with E-state index in [0.29, 0.717) is 0 Å². The summed E-state index contributed by atoms with van der Waals surface area (Å²) in [7, 11) is 0. The highest BCUT2D eigenvalue weighted by atomic mass is 15.1. The van der Waals surface area contributed by atoms with Crippen LogP contribution in [0.25, 0.3) is 21.9 Å². The first-order valence-electron chi connectivity index (χ1n) is 19.8. The third-order valence-corrected chi connectivity index (χ3v) is 11.0. The van der Waals surface area contributed by atoms with E-state index in [-0.39, 0.29) is 5.41 Å². The highest BCUT2D eigenvalue weighted by Gasteiger charge is 2.46. The molecule has 9 aromatic rings. The average Bonchev–Trinajstić information content (AvgIpc) is 3.57. The standard InChI is InChI=1S/C38H29N.C11H10.C7H8/c1-28-21-23-32(24-22-28)39(31-17-9-4-10-18-31)33-25-26-37-35(27-33)34-19-11-12-20-36(34)38(37,29-13-5-2-6-14-29)30-15-7-3-8-16-30;1-9-5-4-7-10-6-2-3-8-11(9)10;1-7-5-3-2-4-6-7/h2-27H,1H3;2-8H,1H3;2-6H,1H3. The van der Waals surface area contributed by atoms with Crippen LogP contribution >= 0.6 is 0 Å². The van der Waals surface area contributed by atoms with E-state index in [0.717, 1.165) is 17.1 Å². The van der Waals surface area contributed by atoms with Gasteiger partial charge >= 0.3 is 0 Å². The van der Waals surface area contributed by atoms with Crippen molar-refractivity contribution in [1.29, 1.82) is 0 Å². The Hall–Kier alpha value is -6.96. The van der Waals surface area contributed by atoms with Crippen LogP contribution in [0.2, 0.25) is 0 Å². The average molecular weight is 734 g/mol. The van der Waals surface area contributed by atoms with Crippen LogP contribution in [0.15, 0.2) is 231 Å². The Morgan fingerprint density at radius 2 is 0.807 bits per heavy atom. The fraction of sp³-hybridized carbons (Fsp3) is 0.0714. The summed E-state index contributed by atoms with van der Waals surface area (Å²) in [4.78, 5) is 2.35. The predicted molar refractivity (Wildman–Crippen MR) is 243 cm³/mol. The molecule has 0 atom stereocenters. The van der Waals surface area contributed by atoms with E-state index in [2.05, 4.69) is 238 Å². The molecule has 1 aliphatic carbocycles. The molecule has 9 aromatic carbocycles. The minimum Gasteiger partial charge on any atom is -0.310 e. The van der Waals surface area contributed by atoms with Gasteiger partial charge < -0.3 is 4.90 Å². The van der Waals surface area contributed by atoms with Crippen molar-refractivity contribution in [2.45, 2.75) is 26.2 Å². The Bertz CT molecular complexity index is 2640. The first kappa shape index (κ1) is 37.0. The van der Waals surface area contributed by atoms with Crippen LogP contribution in [0.5, 0.6) is 0 Å². The van der Waals surface area contributed by atoms with E-state index in [1.165, 1.54) is 60.8 Å². The van der Waals surface area contributed by atoms with Gasteiger partial charge in [-0.1, -0.05) is 205 Å². The number of nitrogens with zero attached hydrogens (tertiary/aromatic N) is 1. The second-order valence-corrected chi connectivity index (χ2v) is 14.7. The first-order valence-corrected chi connectivity index (χ1v) is 19.8. The van der Waals surface area contributed by atoms with Crippen molar-refractivity contribution in [1.82, 2.24) is 0 Å². The summed E-state index contributed by atoms with van der Waals surface area (Å²) in [5.74, 6) is 0. The lowest BCUT2D eigenvalue weighted by Crippen LogP contribution is -2.28. The molecule has 0 spiro atoms. The van der Waals surface area contributed by atoms with E-state index in [1.54, 1.807) is 0 Å². The van der Waals surface area contributed by atoms with Gasteiger partial charge in [-0.15, -0.1) is 0 Å². The lowest BCUT2D eigenvalue weighted by atomic mass is 9.68. The summed E-state index contributed by atoms with van der Waals surface area (Å²) in [6, 6.07) is 82.4. The van der Waals surface area contributed by atoms with Crippen molar-refractivity contribution < 1.29 is 0 Å². The van der Waals surface area contributed by atoms with Crippen LogP contribution in [0, 0.1) is 20.8 Å². The Morgan fingerprint density at radius 3 is 1.42 bits per heavy atom. The smallest absolute Gasteiger partial charge is 0.0713 e. The summed E-state index contributed by atoms with van der Waals surface area (Å²) in [6.45, 7) is 6.36. The number of benzene rings is 9. The molecule has 0 unspecified atom stereocenters. The molecule has 0 saturated carbocycles. The van der Waals surface area contributed by atoms with Gasteiger partial charge in [-0.25, -0.2) is 0 Å². The third kappa shape index (κ3) is 7.53. The molecule has 0 bridgehead atoms. The highest BCUT2D eigenvalue weighted by molar-refractivity contribution is 5.90. The van der Waals surface area contributed by atoms with Crippen molar-refractivity contribution in [3.8, 4) is 11.1 Å². The predicted octanol–water partition coefficient (Wildman–Crippen LogP) is 15.0. The summed E-state index contributed by atoms with van der Waals surface area (Å²) < 4.78 is 0. The molecule has 0 saturated heterocycles. The SMILES string of the molecule is Cc1ccc(N(c2ccccc2)c2ccc3c(c2)-c2ccccc2C3(c2ccccc2)c2ccccc2)cc1.Cc1cccc2ccccc12.Cc1ccccc1. The number of fused-ring (bicyclic) bond motifs is 4. The highest BCUT2D eigenvalue weighted by Crippen LogP contribution is 2.57. The third-order valence-electron chi connectivity index (χ3n) is 11.0. The van der Waals surface area contributed by atoms with Gasteiger partial charge in [-0.05, 0) is 107 Å². The number of para-hydroxylation sites is 1. The Morgan fingerprint density at radius 1 is 0.333 bits per heavy atom. The van der Waals surface area contributed by atoms with E-state index in [4.69, 9.17) is 0 Å². The van der Waals surface area contributed by atoms with Crippen LogP contribution < -0.4 is 4.90 Å². The molecule has 1 nitrogen and oxygen atoms in total. The number of hydrogen-bond donors (Lipinski definition) is 0. The minimum atomic E-state index is -0.381. The van der Waals surface area contributed by atoms with Gasteiger partial charge in [0.1, 0.15) is 0 Å². The monoisotopic (exact) mass is 733 g/mol. The van der Waals surface area contributed by atoms with Gasteiger partial charge in [-0.2, -0.15) is 0 Å². The topological polar surface area (TPSA) is 3.24 Å². The van der Waals surface area contributed by atoms with Crippen molar-refractivity contribution >= 4 is 27.8 Å². The van der Waals surface area contributed by atoms with Crippen molar-refractivity contribution in [2.24, 2.45) is 0 Å². The number of aryl methyl sites for hydroxylation is 3. The maximum absolute atomic E-state index is 2.38. The Kier molecular flexibility index (Phi) is 10.9. The van der Waals surface area contributed by atoms with Crippen LogP contribution in [-0.2, 0) is 5.41 Å². The maximum atomic E-state index is 2.38. The fourth-order valence-electron chi connectivity index (χ4n) is 8.22. The summed E-state index contributed by atoms with van der Waals surface area (Å²) >= 11 is 0. The fourth-order valence-corrected chi connectivity index (χ4v) is 8.22. The molecular weight excluding hydrogens is 687 g/mol. The van der Waals surface area contributed by atoms with Gasteiger partial charge in [0.2, 0.25) is 0 Å². The quantitative estimate of drug-likeness (QED) is 0.170. The molecule has 0 N–H and O–H groups in total. The van der Waals surface area contributed by atoms with Crippen LogP contribution in [0.1, 0.15) is 38.9 Å². The molecule has 57 heavy (non-hydrogen) atoms. The summed E-state index contributed by atoms with van der Waals surface area (Å²) in [6.07, 6.45) is 0. The molecule has 1 aliphatic rings. The molecule has 1 heteroatoms. The van der Waals surface area contributed by atoms with Gasteiger partial charge in [0.15, 0.2) is 0 Å². The van der Waals surface area contributed by atoms with Crippen LogP contribution in [0.4, 0.5) is 17.1 Å². The summed E-state index contributed by atoms with van der Waals surface area (Å²) in [5.41, 5.74) is 14.8. The molecule has 276 valence electrons. The van der Waals surface area contributed by atoms with E-state index in [1.807, 2.05) is 18.2 Å². The van der Waals surface area contributed by atoms with Crippen molar-refractivity contribution in [3.05, 3.63) is 269 Å². The molecule has 0 heterocycles. The number of anilines is 3. The molecule has 0 radical (unpaired) electrons.